The SMILES string of the molecule is Cc1ccc(CN2C(=O)/C(=C/c3c(N4CCC[C@@H](C)C4)nc4ccccn4c3=O)SC2=S)cc1. The molecule has 0 spiro atoms. The molecule has 2 fully saturated rings. The number of carbonyl (C=O) groups is 1. The van der Waals surface area contributed by atoms with Crippen LogP contribution < -0.4 is 10.5 Å². The number of benzene rings is 1. The summed E-state index contributed by atoms with van der Waals surface area (Å²) in [5, 5.41) is 0. The van der Waals surface area contributed by atoms with Crippen molar-refractivity contribution < 1.29 is 4.79 Å². The van der Waals surface area contributed by atoms with Crippen LogP contribution in [0.1, 0.15) is 36.5 Å². The molecule has 1 atom stereocenters. The van der Waals surface area contributed by atoms with Crippen molar-refractivity contribution in [1.29, 1.82) is 0 Å². The second-order valence-electron chi connectivity index (χ2n) is 9.03. The fraction of sp³-hybridized carbons (Fsp3) is 0.308. The number of thiocarbonyl (C=S) groups is 1. The number of hydrogen-bond acceptors (Lipinski definition) is 6. The Morgan fingerprint density at radius 1 is 1.18 bits per heavy atom. The van der Waals surface area contributed by atoms with Gasteiger partial charge in [-0.05, 0) is 49.5 Å². The van der Waals surface area contributed by atoms with E-state index in [9.17, 15) is 9.59 Å². The van der Waals surface area contributed by atoms with Gasteiger partial charge in [0.05, 0.1) is 17.0 Å². The van der Waals surface area contributed by atoms with Crippen LogP contribution in [0.2, 0.25) is 0 Å². The minimum absolute atomic E-state index is 0.175. The first kappa shape index (κ1) is 22.8. The zero-order valence-electron chi connectivity index (χ0n) is 19.2. The lowest BCUT2D eigenvalue weighted by molar-refractivity contribution is -0.122. The fourth-order valence-corrected chi connectivity index (χ4v) is 5.72. The molecule has 1 aromatic carbocycles. The van der Waals surface area contributed by atoms with Crippen LogP contribution in [0.15, 0.2) is 58.4 Å². The summed E-state index contributed by atoms with van der Waals surface area (Å²) >= 11 is 6.78. The summed E-state index contributed by atoms with van der Waals surface area (Å²) in [6.07, 6.45) is 5.62. The van der Waals surface area contributed by atoms with Gasteiger partial charge in [0.1, 0.15) is 15.8 Å². The van der Waals surface area contributed by atoms with Crippen molar-refractivity contribution >= 4 is 51.7 Å². The Labute approximate surface area is 208 Å². The van der Waals surface area contributed by atoms with Crippen LogP contribution in [0.4, 0.5) is 5.82 Å². The van der Waals surface area contributed by atoms with Gasteiger partial charge in [-0.3, -0.25) is 18.9 Å². The molecule has 2 aliphatic rings. The van der Waals surface area contributed by atoms with Crippen LogP contribution in [-0.4, -0.2) is 37.6 Å². The first-order valence-electron chi connectivity index (χ1n) is 11.5. The third-order valence-electron chi connectivity index (χ3n) is 6.32. The largest absolute Gasteiger partial charge is 0.356 e. The maximum Gasteiger partial charge on any atom is 0.267 e. The molecule has 0 aliphatic carbocycles. The smallest absolute Gasteiger partial charge is 0.267 e. The van der Waals surface area contributed by atoms with E-state index in [0.29, 0.717) is 38.7 Å². The Morgan fingerprint density at radius 2 is 1.97 bits per heavy atom. The highest BCUT2D eigenvalue weighted by Gasteiger charge is 2.33. The summed E-state index contributed by atoms with van der Waals surface area (Å²) < 4.78 is 2.04. The minimum atomic E-state index is -0.178. The molecule has 1 amide bonds. The van der Waals surface area contributed by atoms with Crippen molar-refractivity contribution in [3.63, 3.8) is 0 Å². The first-order valence-corrected chi connectivity index (χ1v) is 12.7. The molecule has 5 rings (SSSR count). The summed E-state index contributed by atoms with van der Waals surface area (Å²) in [6, 6.07) is 13.6. The highest BCUT2D eigenvalue weighted by molar-refractivity contribution is 8.26. The maximum atomic E-state index is 13.5. The number of aromatic nitrogens is 2. The predicted molar refractivity (Wildman–Crippen MR) is 142 cm³/mol. The van der Waals surface area contributed by atoms with E-state index in [2.05, 4.69) is 11.8 Å². The Balaban J connectivity index is 1.55. The highest BCUT2D eigenvalue weighted by Crippen LogP contribution is 2.35. The summed E-state index contributed by atoms with van der Waals surface area (Å²) in [5.41, 5.74) is 3.04. The molecule has 0 unspecified atom stereocenters. The van der Waals surface area contributed by atoms with E-state index in [-0.39, 0.29) is 11.5 Å². The van der Waals surface area contributed by atoms with Crippen molar-refractivity contribution in [3.8, 4) is 0 Å². The number of aryl methyl sites for hydroxylation is 1. The van der Waals surface area contributed by atoms with Gasteiger partial charge in [-0.2, -0.15) is 0 Å². The minimum Gasteiger partial charge on any atom is -0.356 e. The van der Waals surface area contributed by atoms with Gasteiger partial charge >= 0.3 is 0 Å². The van der Waals surface area contributed by atoms with Crippen molar-refractivity contribution in [2.45, 2.75) is 33.2 Å². The van der Waals surface area contributed by atoms with Crippen molar-refractivity contribution in [2.75, 3.05) is 18.0 Å². The van der Waals surface area contributed by atoms with Crippen molar-refractivity contribution in [3.05, 3.63) is 80.6 Å². The number of nitrogens with zero attached hydrogens (tertiary/aromatic N) is 4. The third-order valence-corrected chi connectivity index (χ3v) is 7.69. The van der Waals surface area contributed by atoms with Gasteiger partial charge in [0.15, 0.2) is 0 Å². The van der Waals surface area contributed by atoms with Crippen molar-refractivity contribution in [2.24, 2.45) is 5.92 Å². The van der Waals surface area contributed by atoms with E-state index >= 15 is 0 Å². The van der Waals surface area contributed by atoms with E-state index in [4.69, 9.17) is 17.2 Å². The standard InChI is InChI=1S/C26H26N4O2S2/c1-17-8-10-19(11-9-17)16-30-25(32)21(34-26(30)33)14-20-23(28-12-5-6-18(2)15-28)27-22-7-3-4-13-29(22)24(20)31/h3-4,7-11,13-14,18H,5-6,12,15-16H2,1-2H3/b21-14-/t18-/m1/s1. The topological polar surface area (TPSA) is 57.9 Å². The number of fused-ring (bicyclic) bond motifs is 1. The maximum absolute atomic E-state index is 13.5. The van der Waals surface area contributed by atoms with Gasteiger partial charge in [-0.1, -0.05) is 66.8 Å². The molecule has 6 nitrogen and oxygen atoms in total. The van der Waals surface area contributed by atoms with Gasteiger partial charge in [0.2, 0.25) is 0 Å². The number of hydrogen-bond donors (Lipinski definition) is 0. The second-order valence-corrected chi connectivity index (χ2v) is 10.7. The van der Waals surface area contributed by atoms with Crippen LogP contribution in [0.5, 0.6) is 0 Å². The summed E-state index contributed by atoms with van der Waals surface area (Å²) in [4.78, 5) is 35.9. The number of piperidine rings is 1. The monoisotopic (exact) mass is 490 g/mol. The molecule has 174 valence electrons. The molecule has 2 saturated heterocycles. The number of amides is 1. The molecular weight excluding hydrogens is 464 g/mol. The lowest BCUT2D eigenvalue weighted by Gasteiger charge is -2.32. The quantitative estimate of drug-likeness (QED) is 0.392. The number of pyridine rings is 1. The van der Waals surface area contributed by atoms with Gasteiger partial charge in [0, 0.05) is 19.3 Å². The molecule has 0 N–H and O–H groups in total. The summed E-state index contributed by atoms with van der Waals surface area (Å²) in [5.74, 6) is 0.989. The Hall–Kier alpha value is -2.97. The lowest BCUT2D eigenvalue weighted by Crippen LogP contribution is -2.37. The van der Waals surface area contributed by atoms with E-state index in [1.807, 2.05) is 49.4 Å². The van der Waals surface area contributed by atoms with Crippen LogP contribution in [0.25, 0.3) is 11.7 Å². The van der Waals surface area contributed by atoms with E-state index < -0.39 is 0 Å². The Kier molecular flexibility index (Phi) is 6.27. The second kappa shape index (κ2) is 9.35. The lowest BCUT2D eigenvalue weighted by atomic mass is 10.00. The number of anilines is 1. The normalized spacial score (nSPS) is 20.1. The molecule has 2 aromatic heterocycles. The molecule has 0 bridgehead atoms. The number of carbonyl (C=O) groups excluding carboxylic acids is 1. The van der Waals surface area contributed by atoms with E-state index in [1.165, 1.54) is 16.2 Å². The Bertz CT molecular complexity index is 1360. The summed E-state index contributed by atoms with van der Waals surface area (Å²) in [6.45, 7) is 6.34. The first-order chi connectivity index (χ1) is 16.4. The molecule has 8 heteroatoms. The van der Waals surface area contributed by atoms with E-state index in [1.54, 1.807) is 17.2 Å². The molecule has 4 heterocycles. The van der Waals surface area contributed by atoms with Crippen LogP contribution >= 0.6 is 24.0 Å². The van der Waals surface area contributed by atoms with E-state index in [0.717, 1.165) is 37.1 Å². The third kappa shape index (κ3) is 4.40. The molecule has 2 aliphatic heterocycles. The zero-order valence-corrected chi connectivity index (χ0v) is 20.9. The van der Waals surface area contributed by atoms with Gasteiger partial charge in [0.25, 0.3) is 11.5 Å². The van der Waals surface area contributed by atoms with Gasteiger partial charge in [-0.25, -0.2) is 4.98 Å². The average molecular weight is 491 g/mol. The van der Waals surface area contributed by atoms with Crippen LogP contribution in [0, 0.1) is 12.8 Å². The van der Waals surface area contributed by atoms with Gasteiger partial charge < -0.3 is 4.90 Å². The number of thioether (sulfide) groups is 1. The molecule has 3 aromatic rings. The van der Waals surface area contributed by atoms with Gasteiger partial charge in [-0.15, -0.1) is 0 Å². The fourth-order valence-electron chi connectivity index (χ4n) is 4.48. The van der Waals surface area contributed by atoms with Crippen LogP contribution in [0.3, 0.4) is 0 Å². The predicted octanol–water partition coefficient (Wildman–Crippen LogP) is 4.64. The molecule has 0 radical (unpaired) electrons. The summed E-state index contributed by atoms with van der Waals surface area (Å²) in [7, 11) is 0. The number of rotatable bonds is 4. The average Bonchev–Trinajstić information content (AvgIpc) is 3.09. The van der Waals surface area contributed by atoms with Crippen LogP contribution in [-0.2, 0) is 11.3 Å². The molecular formula is C26H26N4O2S2. The zero-order chi connectivity index (χ0) is 23.8. The Morgan fingerprint density at radius 3 is 2.74 bits per heavy atom. The molecule has 34 heavy (non-hydrogen) atoms. The highest BCUT2D eigenvalue weighted by atomic mass is 32.2. The molecule has 0 saturated carbocycles. The van der Waals surface area contributed by atoms with Crippen molar-refractivity contribution in [1.82, 2.24) is 14.3 Å².